The van der Waals surface area contributed by atoms with Crippen LogP contribution in [0.1, 0.15) is 40.5 Å². The maximum absolute atomic E-state index is 7.61. The fourth-order valence-electron chi connectivity index (χ4n) is 2.02. The second-order valence-electron chi connectivity index (χ2n) is 6.28. The normalized spacial score (nSPS) is 21.4. The highest BCUT2D eigenvalue weighted by molar-refractivity contribution is 5.83. The number of hydrogen-bond donors (Lipinski definition) is 2. The average Bonchev–Trinajstić information content (AvgIpc) is 2.19. The zero-order chi connectivity index (χ0) is 13.1. The lowest BCUT2D eigenvalue weighted by Crippen LogP contribution is -2.46. The Morgan fingerprint density at radius 2 is 1.88 bits per heavy atom. The summed E-state index contributed by atoms with van der Waals surface area (Å²) in [6.45, 7) is 12.1. The molecule has 100 valence electrons. The molecule has 4 heteroatoms. The summed E-state index contributed by atoms with van der Waals surface area (Å²) in [5.41, 5.74) is 5.51. The fraction of sp³-hybridized carbons (Fsp3) is 0.923. The third-order valence-corrected chi connectivity index (χ3v) is 3.55. The molecule has 0 saturated carbocycles. The van der Waals surface area contributed by atoms with E-state index in [1.54, 1.807) is 0 Å². The van der Waals surface area contributed by atoms with Crippen molar-refractivity contribution in [3.05, 3.63) is 0 Å². The van der Waals surface area contributed by atoms with Crippen LogP contribution in [0.3, 0.4) is 0 Å². The minimum Gasteiger partial charge on any atom is -0.387 e. The summed E-state index contributed by atoms with van der Waals surface area (Å²) in [5.74, 6) is 0.336. The maximum Gasteiger partial charge on any atom is 0.0966 e. The highest BCUT2D eigenvalue weighted by Gasteiger charge is 2.32. The van der Waals surface area contributed by atoms with E-state index in [2.05, 4.69) is 32.6 Å². The molecule has 1 heterocycles. The molecule has 1 aliphatic heterocycles. The van der Waals surface area contributed by atoms with Gasteiger partial charge < -0.3 is 15.4 Å². The van der Waals surface area contributed by atoms with Crippen LogP contribution in [-0.4, -0.2) is 42.6 Å². The van der Waals surface area contributed by atoms with E-state index in [0.29, 0.717) is 5.84 Å². The van der Waals surface area contributed by atoms with E-state index in [1.807, 2.05) is 0 Å². The number of rotatable bonds is 4. The van der Waals surface area contributed by atoms with Gasteiger partial charge in [-0.25, -0.2) is 0 Å². The van der Waals surface area contributed by atoms with Crippen LogP contribution in [0.2, 0.25) is 0 Å². The Hall–Kier alpha value is -0.610. The number of amidine groups is 1. The van der Waals surface area contributed by atoms with E-state index in [1.165, 1.54) is 0 Å². The second kappa shape index (κ2) is 5.36. The smallest absolute Gasteiger partial charge is 0.0966 e. The van der Waals surface area contributed by atoms with Gasteiger partial charge in [-0.05, 0) is 46.7 Å². The summed E-state index contributed by atoms with van der Waals surface area (Å²) in [4.78, 5) is 2.40. The topological polar surface area (TPSA) is 62.3 Å². The Morgan fingerprint density at radius 3 is 2.29 bits per heavy atom. The molecular formula is C13H27N3O. The minimum absolute atomic E-state index is 0.0519. The van der Waals surface area contributed by atoms with Gasteiger partial charge in [-0.15, -0.1) is 0 Å². The molecule has 1 aliphatic rings. The van der Waals surface area contributed by atoms with Gasteiger partial charge in [-0.2, -0.15) is 0 Å². The lowest BCUT2D eigenvalue weighted by Gasteiger charge is -2.38. The lowest BCUT2D eigenvalue weighted by molar-refractivity contribution is -0.0171. The van der Waals surface area contributed by atoms with Gasteiger partial charge in [-0.1, -0.05) is 6.92 Å². The van der Waals surface area contributed by atoms with Gasteiger partial charge in [0.2, 0.25) is 0 Å². The number of nitrogens with one attached hydrogen (secondary N) is 1. The first-order valence-electron chi connectivity index (χ1n) is 6.44. The Kier molecular flexibility index (Phi) is 4.55. The van der Waals surface area contributed by atoms with Gasteiger partial charge in [0.1, 0.15) is 0 Å². The molecule has 0 aromatic heterocycles. The molecule has 0 atom stereocenters. The SMILES string of the molecule is CC(C)(C)OCCN1CCC(C)(C(=N)N)CC1. The summed E-state index contributed by atoms with van der Waals surface area (Å²) in [6.07, 6.45) is 1.97. The molecule has 0 amide bonds. The van der Waals surface area contributed by atoms with Crippen LogP contribution in [0, 0.1) is 10.8 Å². The molecule has 0 aliphatic carbocycles. The van der Waals surface area contributed by atoms with Crippen molar-refractivity contribution in [3.8, 4) is 0 Å². The van der Waals surface area contributed by atoms with Crippen LogP contribution in [0.15, 0.2) is 0 Å². The van der Waals surface area contributed by atoms with Crippen LogP contribution in [0.4, 0.5) is 0 Å². The van der Waals surface area contributed by atoms with Crippen molar-refractivity contribution in [2.75, 3.05) is 26.2 Å². The standard InChI is InChI=1S/C13H27N3O/c1-12(2,3)17-10-9-16-7-5-13(4,6-8-16)11(14)15/h5-10H2,1-4H3,(H3,14,15). The van der Waals surface area contributed by atoms with E-state index < -0.39 is 0 Å². The molecule has 1 fully saturated rings. The second-order valence-corrected chi connectivity index (χ2v) is 6.28. The Labute approximate surface area is 105 Å². The average molecular weight is 241 g/mol. The van der Waals surface area contributed by atoms with E-state index in [-0.39, 0.29) is 11.0 Å². The van der Waals surface area contributed by atoms with Crippen LogP contribution in [0.25, 0.3) is 0 Å². The van der Waals surface area contributed by atoms with Gasteiger partial charge >= 0.3 is 0 Å². The van der Waals surface area contributed by atoms with Gasteiger partial charge in [0.25, 0.3) is 0 Å². The summed E-state index contributed by atoms with van der Waals surface area (Å²) in [6, 6.07) is 0. The van der Waals surface area contributed by atoms with Crippen molar-refractivity contribution in [1.82, 2.24) is 4.90 Å². The molecule has 0 radical (unpaired) electrons. The fourth-order valence-corrected chi connectivity index (χ4v) is 2.02. The van der Waals surface area contributed by atoms with E-state index >= 15 is 0 Å². The molecule has 0 aromatic carbocycles. The Balaban J connectivity index is 2.26. The quantitative estimate of drug-likeness (QED) is 0.583. The van der Waals surface area contributed by atoms with Crippen LogP contribution in [-0.2, 0) is 4.74 Å². The zero-order valence-electron chi connectivity index (χ0n) is 11.7. The van der Waals surface area contributed by atoms with Crippen LogP contribution >= 0.6 is 0 Å². The van der Waals surface area contributed by atoms with E-state index in [0.717, 1.165) is 39.1 Å². The summed E-state index contributed by atoms with van der Waals surface area (Å²) in [7, 11) is 0. The molecule has 4 nitrogen and oxygen atoms in total. The van der Waals surface area contributed by atoms with Gasteiger partial charge in [0.05, 0.1) is 18.0 Å². The van der Waals surface area contributed by atoms with E-state index in [9.17, 15) is 0 Å². The largest absolute Gasteiger partial charge is 0.387 e. The Bertz CT molecular complexity index is 262. The molecule has 1 rings (SSSR count). The number of ether oxygens (including phenoxy) is 1. The molecule has 3 N–H and O–H groups in total. The van der Waals surface area contributed by atoms with Gasteiger partial charge in [-0.3, -0.25) is 5.41 Å². The highest BCUT2D eigenvalue weighted by atomic mass is 16.5. The summed E-state index contributed by atoms with van der Waals surface area (Å²) >= 11 is 0. The molecule has 0 aromatic rings. The van der Waals surface area contributed by atoms with Crippen molar-refractivity contribution in [2.24, 2.45) is 11.1 Å². The first-order chi connectivity index (χ1) is 7.73. The van der Waals surface area contributed by atoms with Crippen LogP contribution < -0.4 is 5.73 Å². The minimum atomic E-state index is -0.0820. The maximum atomic E-state index is 7.61. The third kappa shape index (κ3) is 4.64. The van der Waals surface area contributed by atoms with Crippen LogP contribution in [0.5, 0.6) is 0 Å². The molecule has 17 heavy (non-hydrogen) atoms. The monoisotopic (exact) mass is 241 g/mol. The van der Waals surface area contributed by atoms with Gasteiger partial charge in [0.15, 0.2) is 0 Å². The van der Waals surface area contributed by atoms with Gasteiger partial charge in [0, 0.05) is 12.0 Å². The number of hydrogen-bond acceptors (Lipinski definition) is 3. The van der Waals surface area contributed by atoms with Crippen molar-refractivity contribution >= 4 is 5.84 Å². The predicted molar refractivity (Wildman–Crippen MR) is 71.4 cm³/mol. The molecule has 0 bridgehead atoms. The lowest BCUT2D eigenvalue weighted by atomic mass is 9.79. The zero-order valence-corrected chi connectivity index (χ0v) is 11.7. The van der Waals surface area contributed by atoms with Crippen molar-refractivity contribution in [1.29, 1.82) is 5.41 Å². The summed E-state index contributed by atoms with van der Waals surface area (Å²) < 4.78 is 5.72. The number of nitrogens with zero attached hydrogens (tertiary/aromatic N) is 1. The number of piperidine rings is 1. The van der Waals surface area contributed by atoms with E-state index in [4.69, 9.17) is 15.9 Å². The number of nitrogens with two attached hydrogens (primary N) is 1. The van der Waals surface area contributed by atoms with Crippen molar-refractivity contribution < 1.29 is 4.74 Å². The molecule has 0 spiro atoms. The molecular weight excluding hydrogens is 214 g/mol. The first-order valence-corrected chi connectivity index (χ1v) is 6.44. The predicted octanol–water partition coefficient (Wildman–Crippen LogP) is 1.84. The first kappa shape index (κ1) is 14.5. The third-order valence-electron chi connectivity index (χ3n) is 3.55. The van der Waals surface area contributed by atoms with Crippen molar-refractivity contribution in [2.45, 2.75) is 46.1 Å². The Morgan fingerprint density at radius 1 is 1.35 bits per heavy atom. The molecule has 0 unspecified atom stereocenters. The van der Waals surface area contributed by atoms with Crippen molar-refractivity contribution in [3.63, 3.8) is 0 Å². The summed E-state index contributed by atoms with van der Waals surface area (Å²) in [5, 5.41) is 7.61. The molecule has 1 saturated heterocycles. The highest BCUT2D eigenvalue weighted by Crippen LogP contribution is 2.30. The number of likely N-dealkylation sites (tertiary alicyclic amines) is 1.